The summed E-state index contributed by atoms with van der Waals surface area (Å²) in [4.78, 5) is 0. The summed E-state index contributed by atoms with van der Waals surface area (Å²) in [6.07, 6.45) is -3.92. The Morgan fingerprint density at radius 3 is 2.73 bits per heavy atom. The largest absolute Gasteiger partial charge is 0.488 e. The van der Waals surface area contributed by atoms with E-state index in [9.17, 15) is 13.2 Å². The molecule has 1 aromatic carbocycles. The fourth-order valence-corrected chi connectivity index (χ4v) is 1.61. The highest BCUT2D eigenvalue weighted by Gasteiger charge is 2.32. The first kappa shape index (κ1) is 10.3. The average molecular weight is 217 g/mol. The van der Waals surface area contributed by atoms with Gasteiger partial charge in [-0.25, -0.2) is 0 Å². The van der Waals surface area contributed by atoms with Gasteiger partial charge in [-0.15, -0.1) is 0 Å². The molecule has 0 aliphatic carbocycles. The maximum absolute atomic E-state index is 12.4. The molecule has 1 atom stereocenters. The lowest BCUT2D eigenvalue weighted by molar-refractivity contribution is -0.137. The molecular formula is C10H10F3NO. The number of benzene rings is 1. The lowest BCUT2D eigenvalue weighted by atomic mass is 10.1. The van der Waals surface area contributed by atoms with Gasteiger partial charge < -0.3 is 10.5 Å². The number of hydrogen-bond donors (Lipinski definition) is 1. The van der Waals surface area contributed by atoms with E-state index in [0.29, 0.717) is 18.7 Å². The van der Waals surface area contributed by atoms with Gasteiger partial charge in [-0.1, -0.05) is 6.07 Å². The van der Waals surface area contributed by atoms with Gasteiger partial charge in [-0.05, 0) is 17.7 Å². The fraction of sp³-hybridized carbons (Fsp3) is 0.400. The Labute approximate surface area is 84.8 Å². The molecule has 15 heavy (non-hydrogen) atoms. The molecule has 2 nitrogen and oxygen atoms in total. The van der Waals surface area contributed by atoms with Crippen molar-refractivity contribution >= 4 is 0 Å². The summed E-state index contributed by atoms with van der Waals surface area (Å²) in [5.74, 6) is 0.306. The molecule has 0 amide bonds. The van der Waals surface area contributed by atoms with Crippen LogP contribution in [0.4, 0.5) is 13.2 Å². The molecule has 1 aromatic rings. The Balaban J connectivity index is 2.30. The van der Waals surface area contributed by atoms with Gasteiger partial charge in [-0.2, -0.15) is 13.2 Å². The number of rotatable bonds is 1. The lowest BCUT2D eigenvalue weighted by Gasteiger charge is -2.09. The SMILES string of the molecule is NCC1Cc2ccc(C(F)(F)F)cc2O1. The molecular weight excluding hydrogens is 207 g/mol. The molecule has 0 radical (unpaired) electrons. The first-order valence-electron chi connectivity index (χ1n) is 4.57. The van der Waals surface area contributed by atoms with Crippen LogP contribution < -0.4 is 10.5 Å². The van der Waals surface area contributed by atoms with Gasteiger partial charge in [0.05, 0.1) is 5.56 Å². The van der Waals surface area contributed by atoms with E-state index in [1.165, 1.54) is 6.07 Å². The Kier molecular flexibility index (Phi) is 2.34. The minimum Gasteiger partial charge on any atom is -0.488 e. The van der Waals surface area contributed by atoms with Crippen LogP contribution in [0.2, 0.25) is 0 Å². The monoisotopic (exact) mass is 217 g/mol. The van der Waals surface area contributed by atoms with Gasteiger partial charge in [0.2, 0.25) is 0 Å². The molecule has 0 fully saturated rings. The Hall–Kier alpha value is -1.23. The average Bonchev–Trinajstić information content (AvgIpc) is 2.57. The van der Waals surface area contributed by atoms with Crippen LogP contribution in [0.25, 0.3) is 0 Å². The second kappa shape index (κ2) is 3.41. The standard InChI is InChI=1S/C10H10F3NO/c11-10(12,13)7-2-1-6-3-8(5-14)15-9(6)4-7/h1-2,4,8H,3,5,14H2. The van der Waals surface area contributed by atoms with Crippen LogP contribution in [0.15, 0.2) is 18.2 Å². The Morgan fingerprint density at radius 2 is 2.13 bits per heavy atom. The minimum absolute atomic E-state index is 0.191. The van der Waals surface area contributed by atoms with E-state index in [1.807, 2.05) is 0 Å². The van der Waals surface area contributed by atoms with Crippen molar-refractivity contribution in [2.45, 2.75) is 18.7 Å². The predicted octanol–water partition coefficient (Wildman–Crippen LogP) is 1.97. The molecule has 1 heterocycles. The van der Waals surface area contributed by atoms with Crippen molar-refractivity contribution in [3.8, 4) is 5.75 Å². The zero-order valence-corrected chi connectivity index (χ0v) is 7.84. The zero-order valence-electron chi connectivity index (χ0n) is 7.84. The molecule has 2 N–H and O–H groups in total. The first-order chi connectivity index (χ1) is 7.00. The second-order valence-corrected chi connectivity index (χ2v) is 3.50. The molecule has 0 aromatic heterocycles. The summed E-state index contributed by atoms with van der Waals surface area (Å²) in [5, 5.41) is 0. The van der Waals surface area contributed by atoms with Crippen LogP contribution in [0.3, 0.4) is 0 Å². The summed E-state index contributed by atoms with van der Waals surface area (Å²) in [7, 11) is 0. The quantitative estimate of drug-likeness (QED) is 0.780. The molecule has 0 bridgehead atoms. The summed E-state index contributed by atoms with van der Waals surface area (Å²) in [5.41, 5.74) is 5.50. The highest BCUT2D eigenvalue weighted by Crippen LogP contribution is 2.36. The number of fused-ring (bicyclic) bond motifs is 1. The van der Waals surface area contributed by atoms with Crippen LogP contribution in [-0.2, 0) is 12.6 Å². The van der Waals surface area contributed by atoms with Gasteiger partial charge in [0.15, 0.2) is 0 Å². The van der Waals surface area contributed by atoms with E-state index in [-0.39, 0.29) is 6.10 Å². The van der Waals surface area contributed by atoms with Gasteiger partial charge in [0.25, 0.3) is 0 Å². The summed E-state index contributed by atoms with van der Waals surface area (Å²) in [6, 6.07) is 3.56. The smallest absolute Gasteiger partial charge is 0.416 e. The van der Waals surface area contributed by atoms with Crippen LogP contribution in [0, 0.1) is 0 Å². The minimum atomic E-state index is -4.32. The summed E-state index contributed by atoms with van der Waals surface area (Å²) >= 11 is 0. The normalized spacial score (nSPS) is 19.9. The summed E-state index contributed by atoms with van der Waals surface area (Å²) in [6.45, 7) is 0.316. The third-order valence-corrected chi connectivity index (χ3v) is 2.40. The molecule has 2 rings (SSSR count). The van der Waals surface area contributed by atoms with E-state index >= 15 is 0 Å². The molecule has 0 saturated carbocycles. The maximum Gasteiger partial charge on any atom is 0.416 e. The van der Waals surface area contributed by atoms with Gasteiger partial charge in [-0.3, -0.25) is 0 Å². The molecule has 1 unspecified atom stereocenters. The van der Waals surface area contributed by atoms with Gasteiger partial charge in [0, 0.05) is 13.0 Å². The van der Waals surface area contributed by atoms with E-state index in [4.69, 9.17) is 10.5 Å². The molecule has 1 aliphatic rings. The fourth-order valence-electron chi connectivity index (χ4n) is 1.61. The highest BCUT2D eigenvalue weighted by molar-refractivity contribution is 5.41. The topological polar surface area (TPSA) is 35.2 Å². The number of ether oxygens (including phenoxy) is 1. The van der Waals surface area contributed by atoms with Crippen molar-refractivity contribution in [1.82, 2.24) is 0 Å². The Bertz CT molecular complexity index is 375. The van der Waals surface area contributed by atoms with E-state index in [1.54, 1.807) is 0 Å². The zero-order chi connectivity index (χ0) is 11.1. The van der Waals surface area contributed by atoms with E-state index in [0.717, 1.165) is 17.7 Å². The predicted molar refractivity (Wildman–Crippen MR) is 48.6 cm³/mol. The Morgan fingerprint density at radius 1 is 1.40 bits per heavy atom. The maximum atomic E-state index is 12.4. The van der Waals surface area contributed by atoms with Crippen molar-refractivity contribution in [2.24, 2.45) is 5.73 Å². The van der Waals surface area contributed by atoms with Gasteiger partial charge >= 0.3 is 6.18 Å². The van der Waals surface area contributed by atoms with Crippen LogP contribution >= 0.6 is 0 Å². The third kappa shape index (κ3) is 1.92. The number of nitrogens with two attached hydrogens (primary N) is 1. The van der Waals surface area contributed by atoms with Crippen LogP contribution in [-0.4, -0.2) is 12.6 Å². The lowest BCUT2D eigenvalue weighted by Crippen LogP contribution is -2.24. The summed E-state index contributed by atoms with van der Waals surface area (Å²) < 4.78 is 42.3. The first-order valence-corrected chi connectivity index (χ1v) is 4.57. The molecule has 82 valence electrons. The molecule has 5 heteroatoms. The van der Waals surface area contributed by atoms with Crippen molar-refractivity contribution in [3.63, 3.8) is 0 Å². The molecule has 1 aliphatic heterocycles. The molecule has 0 spiro atoms. The van der Waals surface area contributed by atoms with E-state index < -0.39 is 11.7 Å². The van der Waals surface area contributed by atoms with E-state index in [2.05, 4.69) is 0 Å². The van der Waals surface area contributed by atoms with Crippen LogP contribution in [0.5, 0.6) is 5.75 Å². The highest BCUT2D eigenvalue weighted by atomic mass is 19.4. The van der Waals surface area contributed by atoms with Crippen molar-refractivity contribution in [3.05, 3.63) is 29.3 Å². The number of alkyl halides is 3. The van der Waals surface area contributed by atoms with Crippen molar-refractivity contribution in [2.75, 3.05) is 6.54 Å². The number of hydrogen-bond acceptors (Lipinski definition) is 2. The van der Waals surface area contributed by atoms with Crippen LogP contribution in [0.1, 0.15) is 11.1 Å². The third-order valence-electron chi connectivity index (χ3n) is 2.40. The molecule has 0 saturated heterocycles. The second-order valence-electron chi connectivity index (χ2n) is 3.50. The van der Waals surface area contributed by atoms with Crippen molar-refractivity contribution in [1.29, 1.82) is 0 Å². The number of halogens is 3. The van der Waals surface area contributed by atoms with Gasteiger partial charge in [0.1, 0.15) is 11.9 Å². The van der Waals surface area contributed by atoms with Crippen molar-refractivity contribution < 1.29 is 17.9 Å².